The summed E-state index contributed by atoms with van der Waals surface area (Å²) in [4.78, 5) is 0.289. The van der Waals surface area contributed by atoms with Gasteiger partial charge < -0.3 is 0 Å². The SMILES string of the molecule is Cc1ccc(/C=C\CNS(=O)(=O)c2ccc(C)cc2)cc1. The van der Waals surface area contributed by atoms with Crippen LogP contribution in [0.5, 0.6) is 0 Å². The molecular formula is C17H19NO2S. The summed E-state index contributed by atoms with van der Waals surface area (Å²) < 4.78 is 26.7. The lowest BCUT2D eigenvalue weighted by Crippen LogP contribution is -2.23. The molecule has 0 fully saturated rings. The van der Waals surface area contributed by atoms with Gasteiger partial charge in [-0.2, -0.15) is 0 Å². The zero-order valence-corrected chi connectivity index (χ0v) is 13.0. The number of nitrogens with one attached hydrogen (secondary N) is 1. The van der Waals surface area contributed by atoms with Gasteiger partial charge in [-0.15, -0.1) is 0 Å². The lowest BCUT2D eigenvalue weighted by Gasteiger charge is -2.04. The fraction of sp³-hybridized carbons (Fsp3) is 0.176. The van der Waals surface area contributed by atoms with Crippen LogP contribution in [-0.2, 0) is 10.0 Å². The first-order valence-electron chi connectivity index (χ1n) is 6.77. The van der Waals surface area contributed by atoms with Crippen molar-refractivity contribution >= 4 is 16.1 Å². The van der Waals surface area contributed by atoms with Crippen molar-refractivity contribution in [2.24, 2.45) is 0 Å². The summed E-state index contributed by atoms with van der Waals surface area (Å²) in [6.45, 7) is 4.22. The highest BCUT2D eigenvalue weighted by Gasteiger charge is 2.11. The minimum Gasteiger partial charge on any atom is -0.207 e. The molecule has 0 aliphatic carbocycles. The van der Waals surface area contributed by atoms with Crippen LogP contribution in [0.15, 0.2) is 59.5 Å². The molecule has 21 heavy (non-hydrogen) atoms. The second-order valence-electron chi connectivity index (χ2n) is 4.98. The molecule has 0 saturated heterocycles. The number of hydrogen-bond donors (Lipinski definition) is 1. The van der Waals surface area contributed by atoms with Crippen molar-refractivity contribution in [3.63, 3.8) is 0 Å². The Balaban J connectivity index is 1.96. The third-order valence-corrected chi connectivity index (χ3v) is 4.55. The predicted molar refractivity (Wildman–Crippen MR) is 86.6 cm³/mol. The Morgan fingerprint density at radius 3 is 2.00 bits per heavy atom. The zero-order chi connectivity index (χ0) is 15.3. The molecule has 3 nitrogen and oxygen atoms in total. The number of benzene rings is 2. The smallest absolute Gasteiger partial charge is 0.207 e. The van der Waals surface area contributed by atoms with Crippen LogP contribution in [0, 0.1) is 13.8 Å². The van der Waals surface area contributed by atoms with Crippen LogP contribution in [0.25, 0.3) is 6.08 Å². The quantitative estimate of drug-likeness (QED) is 0.921. The Bertz CT molecular complexity index is 714. The molecule has 0 aliphatic heterocycles. The van der Waals surface area contributed by atoms with Crippen LogP contribution < -0.4 is 4.72 Å². The van der Waals surface area contributed by atoms with Gasteiger partial charge in [0.05, 0.1) is 4.90 Å². The summed E-state index contributed by atoms with van der Waals surface area (Å²) in [5, 5.41) is 0. The highest BCUT2D eigenvalue weighted by molar-refractivity contribution is 7.89. The van der Waals surface area contributed by atoms with Gasteiger partial charge in [-0.05, 0) is 31.5 Å². The molecule has 0 aliphatic rings. The van der Waals surface area contributed by atoms with Gasteiger partial charge in [-0.1, -0.05) is 59.7 Å². The average molecular weight is 301 g/mol. The minimum atomic E-state index is -3.44. The van der Waals surface area contributed by atoms with Gasteiger partial charge in [-0.25, -0.2) is 13.1 Å². The second kappa shape index (κ2) is 6.70. The summed E-state index contributed by atoms with van der Waals surface area (Å²) >= 11 is 0. The van der Waals surface area contributed by atoms with E-state index in [0.29, 0.717) is 0 Å². The molecule has 0 amide bonds. The summed E-state index contributed by atoms with van der Waals surface area (Å²) in [7, 11) is -3.44. The lowest BCUT2D eigenvalue weighted by atomic mass is 10.1. The van der Waals surface area contributed by atoms with E-state index in [0.717, 1.165) is 11.1 Å². The maximum Gasteiger partial charge on any atom is 0.240 e. The third kappa shape index (κ3) is 4.55. The Morgan fingerprint density at radius 1 is 0.905 bits per heavy atom. The van der Waals surface area contributed by atoms with E-state index in [1.807, 2.05) is 44.2 Å². The maximum atomic E-state index is 12.1. The van der Waals surface area contributed by atoms with E-state index < -0.39 is 10.0 Å². The van der Waals surface area contributed by atoms with Crippen LogP contribution in [0.2, 0.25) is 0 Å². The Morgan fingerprint density at radius 2 is 1.43 bits per heavy atom. The van der Waals surface area contributed by atoms with E-state index in [1.54, 1.807) is 30.3 Å². The molecule has 4 heteroatoms. The molecule has 2 rings (SSSR count). The first-order valence-corrected chi connectivity index (χ1v) is 8.25. The van der Waals surface area contributed by atoms with E-state index >= 15 is 0 Å². The molecule has 0 saturated carbocycles. The van der Waals surface area contributed by atoms with Gasteiger partial charge in [0.25, 0.3) is 0 Å². The van der Waals surface area contributed by atoms with Crippen LogP contribution >= 0.6 is 0 Å². The fourth-order valence-corrected chi connectivity index (χ4v) is 2.81. The Kier molecular flexibility index (Phi) is 4.94. The number of sulfonamides is 1. The maximum absolute atomic E-state index is 12.1. The summed E-state index contributed by atoms with van der Waals surface area (Å²) in [6.07, 6.45) is 3.70. The van der Waals surface area contributed by atoms with Gasteiger partial charge in [0.15, 0.2) is 0 Å². The molecule has 0 atom stereocenters. The van der Waals surface area contributed by atoms with Crippen molar-refractivity contribution in [1.29, 1.82) is 0 Å². The molecule has 2 aromatic rings. The van der Waals surface area contributed by atoms with E-state index in [2.05, 4.69) is 4.72 Å². The molecular weight excluding hydrogens is 282 g/mol. The van der Waals surface area contributed by atoms with Gasteiger partial charge in [0, 0.05) is 6.54 Å². The summed E-state index contributed by atoms with van der Waals surface area (Å²) in [5.41, 5.74) is 3.29. The van der Waals surface area contributed by atoms with Gasteiger partial charge in [0.2, 0.25) is 10.0 Å². The first-order chi connectivity index (χ1) is 9.97. The fourth-order valence-electron chi connectivity index (χ4n) is 1.83. The lowest BCUT2D eigenvalue weighted by molar-refractivity contribution is 0.585. The van der Waals surface area contributed by atoms with Crippen molar-refractivity contribution in [2.45, 2.75) is 18.7 Å². The van der Waals surface area contributed by atoms with Crippen molar-refractivity contribution in [3.05, 3.63) is 71.3 Å². The van der Waals surface area contributed by atoms with E-state index in [1.165, 1.54) is 5.56 Å². The van der Waals surface area contributed by atoms with Crippen molar-refractivity contribution in [3.8, 4) is 0 Å². The predicted octanol–water partition coefficient (Wildman–Crippen LogP) is 3.30. The molecule has 2 aromatic carbocycles. The Labute approximate surface area is 126 Å². The summed E-state index contributed by atoms with van der Waals surface area (Å²) in [5.74, 6) is 0. The highest BCUT2D eigenvalue weighted by Crippen LogP contribution is 2.10. The number of aryl methyl sites for hydroxylation is 2. The first kappa shape index (κ1) is 15.5. The topological polar surface area (TPSA) is 46.2 Å². The molecule has 0 unspecified atom stereocenters. The highest BCUT2D eigenvalue weighted by atomic mass is 32.2. The normalized spacial score (nSPS) is 11.9. The monoisotopic (exact) mass is 301 g/mol. The minimum absolute atomic E-state index is 0.268. The van der Waals surface area contributed by atoms with Crippen molar-refractivity contribution < 1.29 is 8.42 Å². The van der Waals surface area contributed by atoms with Crippen LogP contribution in [0.1, 0.15) is 16.7 Å². The molecule has 1 N–H and O–H groups in total. The van der Waals surface area contributed by atoms with Crippen LogP contribution in [0.4, 0.5) is 0 Å². The molecule has 0 heterocycles. The van der Waals surface area contributed by atoms with Gasteiger partial charge >= 0.3 is 0 Å². The molecule has 110 valence electrons. The van der Waals surface area contributed by atoms with E-state index in [4.69, 9.17) is 0 Å². The third-order valence-electron chi connectivity index (χ3n) is 3.11. The second-order valence-corrected chi connectivity index (χ2v) is 6.74. The molecule has 0 spiro atoms. The number of rotatable bonds is 5. The average Bonchev–Trinajstić information content (AvgIpc) is 2.46. The van der Waals surface area contributed by atoms with E-state index in [-0.39, 0.29) is 11.4 Å². The van der Waals surface area contributed by atoms with Crippen LogP contribution in [-0.4, -0.2) is 15.0 Å². The molecule has 0 radical (unpaired) electrons. The van der Waals surface area contributed by atoms with E-state index in [9.17, 15) is 8.42 Å². The van der Waals surface area contributed by atoms with Crippen molar-refractivity contribution in [1.82, 2.24) is 4.72 Å². The van der Waals surface area contributed by atoms with Crippen molar-refractivity contribution in [2.75, 3.05) is 6.54 Å². The number of hydrogen-bond acceptors (Lipinski definition) is 2. The van der Waals surface area contributed by atoms with Gasteiger partial charge in [0.1, 0.15) is 0 Å². The zero-order valence-electron chi connectivity index (χ0n) is 12.2. The largest absolute Gasteiger partial charge is 0.240 e. The van der Waals surface area contributed by atoms with Crippen LogP contribution in [0.3, 0.4) is 0 Å². The molecule has 0 bridgehead atoms. The standard InChI is InChI=1S/C17H19NO2S/c1-14-5-9-16(10-6-14)4-3-13-18-21(19,20)17-11-7-15(2)8-12-17/h3-12,18H,13H2,1-2H3/b4-3-. The van der Waals surface area contributed by atoms with Gasteiger partial charge in [-0.3, -0.25) is 0 Å². The Hall–Kier alpha value is -1.91. The summed E-state index contributed by atoms with van der Waals surface area (Å²) in [6, 6.07) is 14.9. The molecule has 0 aromatic heterocycles.